The van der Waals surface area contributed by atoms with Crippen LogP contribution in [0.4, 0.5) is 5.82 Å². The first-order chi connectivity index (χ1) is 14.6. The van der Waals surface area contributed by atoms with Crippen LogP contribution in [0, 0.1) is 13.8 Å². The summed E-state index contributed by atoms with van der Waals surface area (Å²) in [5.74, 6) is 0.162. The zero-order chi connectivity index (χ0) is 20.7. The van der Waals surface area contributed by atoms with Gasteiger partial charge in [0.15, 0.2) is 0 Å². The minimum absolute atomic E-state index is 0.313. The van der Waals surface area contributed by atoms with Gasteiger partial charge in [-0.1, -0.05) is 6.07 Å². The molecule has 4 aromatic heterocycles. The highest BCUT2D eigenvalue weighted by molar-refractivity contribution is 6.02. The first-order valence-electron chi connectivity index (χ1n) is 9.88. The third-order valence-corrected chi connectivity index (χ3v) is 5.37. The van der Waals surface area contributed by atoms with E-state index in [4.69, 9.17) is 0 Å². The van der Waals surface area contributed by atoms with Gasteiger partial charge in [0.25, 0.3) is 5.91 Å². The summed E-state index contributed by atoms with van der Waals surface area (Å²) in [5, 5.41) is 2.86. The number of anilines is 1. The molecule has 0 bridgehead atoms. The fraction of sp³-hybridized carbons (Fsp3) is 0.227. The molecule has 1 aliphatic rings. The van der Waals surface area contributed by atoms with Crippen molar-refractivity contribution in [1.82, 2.24) is 29.1 Å². The Morgan fingerprint density at radius 1 is 1.13 bits per heavy atom. The van der Waals surface area contributed by atoms with E-state index in [1.165, 1.54) is 0 Å². The fourth-order valence-corrected chi connectivity index (χ4v) is 3.43. The van der Waals surface area contributed by atoms with Gasteiger partial charge in [-0.15, -0.1) is 0 Å². The molecule has 0 unspecified atom stereocenters. The number of carbonyl (C=O) groups is 1. The summed E-state index contributed by atoms with van der Waals surface area (Å²) in [7, 11) is 0. The number of imidazole rings is 2. The normalized spacial score (nSPS) is 13.4. The number of aromatic nitrogens is 6. The van der Waals surface area contributed by atoms with E-state index in [1.807, 2.05) is 49.1 Å². The molecule has 1 N–H and O–H groups in total. The average molecular weight is 399 g/mol. The molecule has 1 aliphatic carbocycles. The van der Waals surface area contributed by atoms with E-state index in [2.05, 4.69) is 29.8 Å². The number of nitrogens with zero attached hydrogens (tertiary/aromatic N) is 6. The molecule has 8 heteroatoms. The molecule has 5 rings (SSSR count). The molecule has 0 atom stereocenters. The van der Waals surface area contributed by atoms with E-state index < -0.39 is 0 Å². The molecular formula is C22H21N7O. The number of rotatable bonds is 5. The van der Waals surface area contributed by atoms with E-state index >= 15 is 0 Å². The summed E-state index contributed by atoms with van der Waals surface area (Å²) in [5.41, 5.74) is 4.86. The summed E-state index contributed by atoms with van der Waals surface area (Å²) in [4.78, 5) is 30.2. The van der Waals surface area contributed by atoms with E-state index in [0.29, 0.717) is 17.6 Å². The second-order valence-corrected chi connectivity index (χ2v) is 7.46. The number of aryl methyl sites for hydroxylation is 1. The van der Waals surface area contributed by atoms with Gasteiger partial charge in [0.05, 0.1) is 41.6 Å². The van der Waals surface area contributed by atoms with Crippen LogP contribution in [0.5, 0.6) is 0 Å². The van der Waals surface area contributed by atoms with Crippen molar-refractivity contribution in [2.45, 2.75) is 32.7 Å². The Bertz CT molecular complexity index is 1240. The van der Waals surface area contributed by atoms with Crippen LogP contribution >= 0.6 is 0 Å². The molecule has 0 aromatic carbocycles. The second kappa shape index (κ2) is 7.22. The van der Waals surface area contributed by atoms with E-state index in [1.54, 1.807) is 24.7 Å². The Morgan fingerprint density at radius 3 is 2.77 bits per heavy atom. The maximum absolute atomic E-state index is 12.8. The predicted molar refractivity (Wildman–Crippen MR) is 113 cm³/mol. The number of nitrogens with one attached hydrogen (secondary N) is 1. The number of hydrogen-bond acceptors (Lipinski definition) is 5. The number of carbonyl (C=O) groups excluding carboxylic acids is 1. The van der Waals surface area contributed by atoms with Crippen molar-refractivity contribution >= 4 is 11.7 Å². The largest absolute Gasteiger partial charge is 0.326 e. The molecule has 0 radical (unpaired) electrons. The zero-order valence-corrected chi connectivity index (χ0v) is 16.8. The van der Waals surface area contributed by atoms with Crippen molar-refractivity contribution in [1.29, 1.82) is 0 Å². The van der Waals surface area contributed by atoms with Crippen molar-refractivity contribution in [3.63, 3.8) is 0 Å². The maximum atomic E-state index is 12.8. The first-order valence-corrected chi connectivity index (χ1v) is 9.88. The summed E-state index contributed by atoms with van der Waals surface area (Å²) in [6.45, 7) is 3.94. The molecule has 4 heterocycles. The van der Waals surface area contributed by atoms with Crippen LogP contribution in [0.15, 0.2) is 55.4 Å². The van der Waals surface area contributed by atoms with Crippen LogP contribution in [-0.4, -0.2) is 35.0 Å². The fourth-order valence-electron chi connectivity index (χ4n) is 3.43. The van der Waals surface area contributed by atoms with Gasteiger partial charge in [0, 0.05) is 17.9 Å². The van der Waals surface area contributed by atoms with Crippen molar-refractivity contribution in [3.8, 4) is 17.1 Å². The second-order valence-electron chi connectivity index (χ2n) is 7.46. The van der Waals surface area contributed by atoms with Gasteiger partial charge in [-0.05, 0) is 51.0 Å². The minimum atomic E-state index is -0.313. The van der Waals surface area contributed by atoms with Crippen molar-refractivity contribution in [3.05, 3.63) is 72.5 Å². The van der Waals surface area contributed by atoms with Gasteiger partial charge in [-0.3, -0.25) is 9.78 Å². The highest BCUT2D eigenvalue weighted by Gasteiger charge is 2.26. The lowest BCUT2D eigenvalue weighted by Crippen LogP contribution is -2.15. The molecular weight excluding hydrogens is 378 g/mol. The predicted octanol–water partition coefficient (Wildman–Crippen LogP) is 3.73. The van der Waals surface area contributed by atoms with E-state index in [-0.39, 0.29) is 5.91 Å². The zero-order valence-electron chi connectivity index (χ0n) is 16.8. The minimum Gasteiger partial charge on any atom is -0.326 e. The molecule has 150 valence electrons. The summed E-state index contributed by atoms with van der Waals surface area (Å²) in [6, 6.07) is 9.67. The highest BCUT2D eigenvalue weighted by Crippen LogP contribution is 2.37. The molecule has 0 spiro atoms. The Balaban J connectivity index is 1.39. The van der Waals surface area contributed by atoms with Crippen molar-refractivity contribution < 1.29 is 4.79 Å². The quantitative estimate of drug-likeness (QED) is 0.552. The lowest BCUT2D eigenvalue weighted by atomic mass is 10.2. The monoisotopic (exact) mass is 399 g/mol. The molecule has 0 aliphatic heterocycles. The van der Waals surface area contributed by atoms with Crippen molar-refractivity contribution in [2.75, 3.05) is 5.32 Å². The number of pyridine rings is 2. The van der Waals surface area contributed by atoms with Crippen LogP contribution in [0.25, 0.3) is 17.1 Å². The molecule has 1 amide bonds. The summed E-state index contributed by atoms with van der Waals surface area (Å²) >= 11 is 0. The third kappa shape index (κ3) is 3.36. The standard InChI is InChI=1S/C22H21N7O/c1-14-15(2)28(13-25-14)17-8-9-24-19(10-17)22(30)27-21-5-3-4-18(26-21)20-11-23-12-29(20)16-6-7-16/h3-5,8-13,16H,6-7H2,1-2H3,(H,26,27,30). The summed E-state index contributed by atoms with van der Waals surface area (Å²) < 4.78 is 4.08. The SMILES string of the molecule is Cc1ncn(-c2ccnc(C(=O)Nc3cccc(-c4cncn4C4CC4)n3)c2)c1C. The Labute approximate surface area is 173 Å². The highest BCUT2D eigenvalue weighted by atomic mass is 16.1. The summed E-state index contributed by atoms with van der Waals surface area (Å²) in [6.07, 6.45) is 9.35. The molecule has 1 saturated carbocycles. The van der Waals surface area contributed by atoms with Gasteiger partial charge in [-0.2, -0.15) is 0 Å². The first kappa shape index (κ1) is 18.2. The van der Waals surface area contributed by atoms with Gasteiger partial charge in [-0.25, -0.2) is 15.0 Å². The van der Waals surface area contributed by atoms with Crippen LogP contribution in [0.3, 0.4) is 0 Å². The van der Waals surface area contributed by atoms with Gasteiger partial charge in [0.2, 0.25) is 0 Å². The van der Waals surface area contributed by atoms with Gasteiger partial charge >= 0.3 is 0 Å². The van der Waals surface area contributed by atoms with Gasteiger partial charge in [0.1, 0.15) is 11.5 Å². The Hall–Kier alpha value is -3.81. The molecule has 30 heavy (non-hydrogen) atoms. The molecule has 1 fully saturated rings. The number of hydrogen-bond donors (Lipinski definition) is 1. The van der Waals surface area contributed by atoms with Gasteiger partial charge < -0.3 is 14.5 Å². The maximum Gasteiger partial charge on any atom is 0.275 e. The van der Waals surface area contributed by atoms with E-state index in [9.17, 15) is 4.79 Å². The topological polar surface area (TPSA) is 90.5 Å². The lowest BCUT2D eigenvalue weighted by molar-refractivity contribution is 0.102. The number of amides is 1. The smallest absolute Gasteiger partial charge is 0.275 e. The molecule has 4 aromatic rings. The van der Waals surface area contributed by atoms with E-state index in [0.717, 1.165) is 41.3 Å². The molecule has 0 saturated heterocycles. The third-order valence-electron chi connectivity index (χ3n) is 5.37. The molecule has 8 nitrogen and oxygen atoms in total. The Kier molecular flexibility index (Phi) is 4.39. The van der Waals surface area contributed by atoms with Crippen LogP contribution in [0.2, 0.25) is 0 Å². The average Bonchev–Trinajstić information content (AvgIpc) is 3.39. The Morgan fingerprint density at radius 2 is 2.00 bits per heavy atom. The van der Waals surface area contributed by atoms with Crippen LogP contribution in [-0.2, 0) is 0 Å². The lowest BCUT2D eigenvalue weighted by Gasteiger charge is -2.10. The van der Waals surface area contributed by atoms with Crippen molar-refractivity contribution in [2.24, 2.45) is 0 Å². The van der Waals surface area contributed by atoms with Crippen LogP contribution < -0.4 is 5.32 Å². The van der Waals surface area contributed by atoms with Crippen LogP contribution in [0.1, 0.15) is 40.8 Å².